The van der Waals surface area contributed by atoms with E-state index in [1.807, 2.05) is 13.8 Å². The Balaban J connectivity index is 1.95. The van der Waals surface area contributed by atoms with Crippen molar-refractivity contribution in [2.45, 2.75) is 33.0 Å². The van der Waals surface area contributed by atoms with E-state index in [1.165, 1.54) is 44.4 Å². The number of carbonyl (C=O) groups excluding carboxylic acids is 2. The van der Waals surface area contributed by atoms with Crippen molar-refractivity contribution in [1.29, 1.82) is 0 Å². The van der Waals surface area contributed by atoms with Gasteiger partial charge in [-0.3, -0.25) is 4.79 Å². The molecule has 29 heavy (non-hydrogen) atoms. The van der Waals surface area contributed by atoms with Crippen LogP contribution in [-0.4, -0.2) is 31.2 Å². The van der Waals surface area contributed by atoms with Crippen LogP contribution in [0.1, 0.15) is 26.3 Å². The average Bonchev–Trinajstić information content (AvgIpc) is 2.66. The Morgan fingerprint density at radius 1 is 1.07 bits per heavy atom. The van der Waals surface area contributed by atoms with Gasteiger partial charge in [0, 0.05) is 11.8 Å². The highest BCUT2D eigenvalue weighted by Crippen LogP contribution is 2.29. The first-order valence-corrected chi connectivity index (χ1v) is 9.08. The summed E-state index contributed by atoms with van der Waals surface area (Å²) in [4.78, 5) is 24.1. The highest BCUT2D eigenvalue weighted by molar-refractivity contribution is 5.96. The third-order valence-electron chi connectivity index (χ3n) is 3.72. The molecular formula is C22H24FNO5. The number of hydrogen-bond donors (Lipinski definition) is 1. The van der Waals surface area contributed by atoms with E-state index in [2.05, 4.69) is 5.32 Å². The topological polar surface area (TPSA) is 73.9 Å². The number of benzene rings is 2. The van der Waals surface area contributed by atoms with Crippen LogP contribution in [0.3, 0.4) is 0 Å². The summed E-state index contributed by atoms with van der Waals surface area (Å²) >= 11 is 0. The van der Waals surface area contributed by atoms with Gasteiger partial charge >= 0.3 is 5.97 Å². The first kappa shape index (κ1) is 21.9. The van der Waals surface area contributed by atoms with Gasteiger partial charge in [-0.2, -0.15) is 0 Å². The molecule has 1 N–H and O–H groups in total. The number of carbonyl (C=O) groups is 2. The number of hydrogen-bond acceptors (Lipinski definition) is 5. The van der Waals surface area contributed by atoms with Crippen molar-refractivity contribution in [3.63, 3.8) is 0 Å². The zero-order valence-corrected chi connectivity index (χ0v) is 16.8. The molecule has 0 saturated heterocycles. The number of esters is 1. The van der Waals surface area contributed by atoms with E-state index in [0.717, 1.165) is 0 Å². The number of amides is 1. The summed E-state index contributed by atoms with van der Waals surface area (Å²) in [6.07, 6.45) is 1.71. The van der Waals surface area contributed by atoms with Crippen LogP contribution >= 0.6 is 0 Å². The molecule has 0 aromatic heterocycles. The van der Waals surface area contributed by atoms with Crippen molar-refractivity contribution in [2.24, 2.45) is 0 Å². The second-order valence-electron chi connectivity index (χ2n) is 6.49. The third-order valence-corrected chi connectivity index (χ3v) is 3.72. The molecule has 1 atom stereocenters. The van der Waals surface area contributed by atoms with Crippen LogP contribution in [0.15, 0.2) is 48.5 Å². The summed E-state index contributed by atoms with van der Waals surface area (Å²) in [6.45, 7) is 5.26. The van der Waals surface area contributed by atoms with Crippen molar-refractivity contribution in [3.05, 3.63) is 59.9 Å². The van der Waals surface area contributed by atoms with Gasteiger partial charge in [0.05, 0.1) is 13.2 Å². The van der Waals surface area contributed by atoms with Gasteiger partial charge in [0.25, 0.3) is 5.91 Å². The molecule has 0 aliphatic heterocycles. The Kier molecular flexibility index (Phi) is 7.77. The van der Waals surface area contributed by atoms with Crippen LogP contribution < -0.4 is 14.8 Å². The fourth-order valence-corrected chi connectivity index (χ4v) is 2.38. The Morgan fingerprint density at radius 2 is 1.83 bits per heavy atom. The van der Waals surface area contributed by atoms with E-state index in [1.54, 1.807) is 24.3 Å². The van der Waals surface area contributed by atoms with Gasteiger partial charge in [0.15, 0.2) is 17.6 Å². The molecule has 0 heterocycles. The fourth-order valence-electron chi connectivity index (χ4n) is 2.38. The molecule has 0 saturated carbocycles. The molecule has 0 bridgehead atoms. The van der Waals surface area contributed by atoms with E-state index in [4.69, 9.17) is 14.2 Å². The third kappa shape index (κ3) is 6.95. The maximum Gasteiger partial charge on any atom is 0.331 e. The standard InChI is InChI=1S/C22H24FNO5/c1-14(2)28-19-10-8-16(12-20(19)27-4)9-11-21(25)29-15(3)22(26)24-18-7-5-6-17(23)13-18/h5-15H,1-4H3,(H,24,26)/b11-9+/t15-/m1/s1. The van der Waals surface area contributed by atoms with Gasteiger partial charge in [0.2, 0.25) is 0 Å². The van der Waals surface area contributed by atoms with Crippen molar-refractivity contribution < 1.29 is 28.2 Å². The Bertz CT molecular complexity index is 895. The van der Waals surface area contributed by atoms with Gasteiger partial charge in [-0.15, -0.1) is 0 Å². The minimum Gasteiger partial charge on any atom is -0.493 e. The molecule has 0 aliphatic carbocycles. The molecule has 7 heteroatoms. The molecule has 0 radical (unpaired) electrons. The number of halogens is 1. The van der Waals surface area contributed by atoms with Crippen molar-refractivity contribution >= 4 is 23.6 Å². The number of rotatable bonds is 8. The second kappa shape index (κ2) is 10.3. The van der Waals surface area contributed by atoms with Crippen molar-refractivity contribution in [2.75, 3.05) is 12.4 Å². The van der Waals surface area contributed by atoms with Gasteiger partial charge in [0.1, 0.15) is 5.82 Å². The van der Waals surface area contributed by atoms with Crippen LogP contribution in [0.4, 0.5) is 10.1 Å². The number of methoxy groups -OCH3 is 1. The van der Waals surface area contributed by atoms with E-state index in [9.17, 15) is 14.0 Å². The second-order valence-corrected chi connectivity index (χ2v) is 6.49. The molecule has 1 amide bonds. The number of anilines is 1. The lowest BCUT2D eigenvalue weighted by Crippen LogP contribution is -2.29. The van der Waals surface area contributed by atoms with Crippen LogP contribution in [0, 0.1) is 5.82 Å². The number of ether oxygens (including phenoxy) is 3. The van der Waals surface area contributed by atoms with E-state index in [-0.39, 0.29) is 11.8 Å². The Hall–Kier alpha value is -3.35. The van der Waals surface area contributed by atoms with E-state index >= 15 is 0 Å². The normalized spacial score (nSPS) is 11.9. The Labute approximate surface area is 169 Å². The molecule has 0 fully saturated rings. The summed E-state index contributed by atoms with van der Waals surface area (Å²) in [5, 5.41) is 2.49. The fraction of sp³-hybridized carbons (Fsp3) is 0.273. The lowest BCUT2D eigenvalue weighted by molar-refractivity contribution is -0.148. The van der Waals surface area contributed by atoms with Gasteiger partial charge in [-0.05, 0) is 62.7 Å². The van der Waals surface area contributed by atoms with Crippen LogP contribution in [0.25, 0.3) is 6.08 Å². The van der Waals surface area contributed by atoms with E-state index < -0.39 is 23.8 Å². The van der Waals surface area contributed by atoms with Crippen LogP contribution in [0.5, 0.6) is 11.5 Å². The molecular weight excluding hydrogens is 377 g/mol. The first-order chi connectivity index (χ1) is 13.8. The minimum atomic E-state index is -1.05. The zero-order chi connectivity index (χ0) is 21.4. The summed E-state index contributed by atoms with van der Waals surface area (Å²) in [5.74, 6) is -0.583. The van der Waals surface area contributed by atoms with E-state index in [0.29, 0.717) is 17.1 Å². The Morgan fingerprint density at radius 3 is 2.48 bits per heavy atom. The molecule has 2 rings (SSSR count). The van der Waals surface area contributed by atoms with Crippen molar-refractivity contribution in [3.8, 4) is 11.5 Å². The smallest absolute Gasteiger partial charge is 0.331 e. The van der Waals surface area contributed by atoms with Crippen LogP contribution in [-0.2, 0) is 14.3 Å². The zero-order valence-electron chi connectivity index (χ0n) is 16.8. The van der Waals surface area contributed by atoms with Crippen molar-refractivity contribution in [1.82, 2.24) is 0 Å². The van der Waals surface area contributed by atoms with Gasteiger partial charge < -0.3 is 19.5 Å². The van der Waals surface area contributed by atoms with Gasteiger partial charge in [-0.1, -0.05) is 12.1 Å². The largest absolute Gasteiger partial charge is 0.493 e. The molecule has 0 unspecified atom stereocenters. The predicted molar refractivity (Wildman–Crippen MR) is 108 cm³/mol. The van der Waals surface area contributed by atoms with Gasteiger partial charge in [-0.25, -0.2) is 9.18 Å². The molecule has 2 aromatic carbocycles. The molecule has 2 aromatic rings. The predicted octanol–water partition coefficient (Wildman–Crippen LogP) is 4.21. The highest BCUT2D eigenvalue weighted by atomic mass is 19.1. The monoisotopic (exact) mass is 401 g/mol. The maximum atomic E-state index is 13.2. The highest BCUT2D eigenvalue weighted by Gasteiger charge is 2.17. The molecule has 154 valence electrons. The number of nitrogens with one attached hydrogen (secondary N) is 1. The molecule has 0 spiro atoms. The first-order valence-electron chi connectivity index (χ1n) is 9.08. The minimum absolute atomic E-state index is 0.000262. The summed E-state index contributed by atoms with van der Waals surface area (Å²) in [6, 6.07) is 10.7. The summed E-state index contributed by atoms with van der Waals surface area (Å²) in [7, 11) is 1.53. The summed E-state index contributed by atoms with van der Waals surface area (Å²) in [5.41, 5.74) is 0.982. The van der Waals surface area contributed by atoms with Crippen LogP contribution in [0.2, 0.25) is 0 Å². The summed E-state index contributed by atoms with van der Waals surface area (Å²) < 4.78 is 29.2. The lowest BCUT2D eigenvalue weighted by Gasteiger charge is -2.14. The molecule has 6 nitrogen and oxygen atoms in total. The SMILES string of the molecule is COc1cc(/C=C/C(=O)O[C@H](C)C(=O)Nc2cccc(F)c2)ccc1OC(C)C. The lowest BCUT2D eigenvalue weighted by atomic mass is 10.2. The quantitative estimate of drug-likeness (QED) is 0.530. The maximum absolute atomic E-state index is 13.2. The molecule has 0 aliphatic rings. The average molecular weight is 401 g/mol.